The molecule has 0 bridgehead atoms. The van der Waals surface area contributed by atoms with Gasteiger partial charge >= 0.3 is 0 Å². The van der Waals surface area contributed by atoms with Crippen molar-refractivity contribution in [1.82, 2.24) is 15.1 Å². The highest BCUT2D eigenvalue weighted by Gasteiger charge is 2.26. The second kappa shape index (κ2) is 9.24. The van der Waals surface area contributed by atoms with Crippen molar-refractivity contribution in [3.8, 4) is 0 Å². The van der Waals surface area contributed by atoms with Crippen molar-refractivity contribution < 1.29 is 18.8 Å². The first-order valence-electron chi connectivity index (χ1n) is 8.91. The lowest BCUT2D eigenvalue weighted by Crippen LogP contribution is -2.52. The number of hydrogen-bond acceptors (Lipinski definition) is 3. The van der Waals surface area contributed by atoms with Crippen LogP contribution in [0.5, 0.6) is 0 Å². The standard InChI is InChI=1S/C20H18Cl2FN3O3/c21-16-4-2-1-3-14(16)19(28)24-12-18(27)25-7-9-26(10-8-25)20(29)15-6-5-13(23)11-17(15)22/h1-6,11H,7-10,12H2,(H,24,28). The van der Waals surface area contributed by atoms with Gasteiger partial charge in [0.05, 0.1) is 27.7 Å². The fourth-order valence-electron chi connectivity index (χ4n) is 3.00. The van der Waals surface area contributed by atoms with Crippen LogP contribution < -0.4 is 5.32 Å². The van der Waals surface area contributed by atoms with Crippen LogP contribution in [0.25, 0.3) is 0 Å². The van der Waals surface area contributed by atoms with Crippen LogP contribution in [0.1, 0.15) is 20.7 Å². The summed E-state index contributed by atoms with van der Waals surface area (Å²) in [4.78, 5) is 40.2. The maximum atomic E-state index is 13.2. The van der Waals surface area contributed by atoms with Gasteiger partial charge in [0.15, 0.2) is 0 Å². The number of carbonyl (C=O) groups is 3. The van der Waals surface area contributed by atoms with E-state index in [1.165, 1.54) is 12.1 Å². The van der Waals surface area contributed by atoms with Crippen LogP contribution >= 0.6 is 23.2 Å². The van der Waals surface area contributed by atoms with E-state index in [0.29, 0.717) is 36.8 Å². The number of nitrogens with one attached hydrogen (secondary N) is 1. The molecule has 152 valence electrons. The number of carbonyl (C=O) groups excluding carboxylic acids is 3. The van der Waals surface area contributed by atoms with Crippen molar-refractivity contribution in [2.24, 2.45) is 0 Å². The van der Waals surface area contributed by atoms with E-state index >= 15 is 0 Å². The minimum atomic E-state index is -0.513. The minimum Gasteiger partial charge on any atom is -0.343 e. The molecule has 1 fully saturated rings. The number of benzene rings is 2. The Balaban J connectivity index is 1.51. The van der Waals surface area contributed by atoms with Crippen LogP contribution in [0.15, 0.2) is 42.5 Å². The molecular weight excluding hydrogens is 420 g/mol. The second-order valence-electron chi connectivity index (χ2n) is 6.46. The largest absolute Gasteiger partial charge is 0.343 e. The Hall–Kier alpha value is -2.64. The predicted octanol–water partition coefficient (Wildman–Crippen LogP) is 2.85. The smallest absolute Gasteiger partial charge is 0.255 e. The van der Waals surface area contributed by atoms with Crippen LogP contribution in [0.3, 0.4) is 0 Å². The van der Waals surface area contributed by atoms with E-state index in [1.807, 2.05) is 0 Å². The minimum absolute atomic E-state index is 0.0517. The van der Waals surface area contributed by atoms with E-state index in [0.717, 1.165) is 6.07 Å². The molecule has 0 atom stereocenters. The zero-order valence-electron chi connectivity index (χ0n) is 15.3. The Labute approximate surface area is 177 Å². The first-order chi connectivity index (χ1) is 13.9. The molecule has 3 amide bonds. The van der Waals surface area contributed by atoms with Crippen molar-refractivity contribution in [2.75, 3.05) is 32.7 Å². The van der Waals surface area contributed by atoms with Crippen molar-refractivity contribution in [2.45, 2.75) is 0 Å². The zero-order valence-corrected chi connectivity index (χ0v) is 16.8. The van der Waals surface area contributed by atoms with Crippen molar-refractivity contribution >= 4 is 40.9 Å². The summed E-state index contributed by atoms with van der Waals surface area (Å²) in [6, 6.07) is 10.2. The fourth-order valence-corrected chi connectivity index (χ4v) is 3.47. The third kappa shape index (κ3) is 5.05. The quantitative estimate of drug-likeness (QED) is 0.799. The Morgan fingerprint density at radius 3 is 2.21 bits per heavy atom. The molecule has 0 aliphatic carbocycles. The highest BCUT2D eigenvalue weighted by atomic mass is 35.5. The summed E-state index contributed by atoms with van der Waals surface area (Å²) in [5.74, 6) is -1.50. The predicted molar refractivity (Wildman–Crippen MR) is 108 cm³/mol. The zero-order chi connectivity index (χ0) is 21.0. The molecule has 3 rings (SSSR count). The van der Waals surface area contributed by atoms with E-state index in [4.69, 9.17) is 23.2 Å². The van der Waals surface area contributed by atoms with Gasteiger partial charge in [-0.3, -0.25) is 14.4 Å². The summed E-state index contributed by atoms with van der Waals surface area (Å²) in [7, 11) is 0. The van der Waals surface area contributed by atoms with Gasteiger partial charge < -0.3 is 15.1 Å². The number of hydrogen-bond donors (Lipinski definition) is 1. The summed E-state index contributed by atoms with van der Waals surface area (Å²) in [6.45, 7) is 1.12. The van der Waals surface area contributed by atoms with Crippen LogP contribution in [0.4, 0.5) is 4.39 Å². The Morgan fingerprint density at radius 1 is 0.897 bits per heavy atom. The lowest BCUT2D eigenvalue weighted by Gasteiger charge is -2.35. The molecule has 9 heteroatoms. The van der Waals surface area contributed by atoms with Gasteiger partial charge in [0, 0.05) is 26.2 Å². The monoisotopic (exact) mass is 437 g/mol. The van der Waals surface area contributed by atoms with E-state index in [9.17, 15) is 18.8 Å². The van der Waals surface area contributed by atoms with Crippen molar-refractivity contribution in [3.63, 3.8) is 0 Å². The summed E-state index contributed by atoms with van der Waals surface area (Å²) < 4.78 is 13.2. The summed E-state index contributed by atoms with van der Waals surface area (Å²) in [5.41, 5.74) is 0.522. The van der Waals surface area contributed by atoms with E-state index < -0.39 is 11.7 Å². The van der Waals surface area contributed by atoms with Gasteiger partial charge in [-0.25, -0.2) is 4.39 Å². The molecule has 0 unspecified atom stereocenters. The summed E-state index contributed by atoms with van der Waals surface area (Å²) >= 11 is 11.9. The summed E-state index contributed by atoms with van der Waals surface area (Å²) in [5, 5.41) is 2.92. The number of halogens is 3. The first kappa shape index (κ1) is 21.1. The second-order valence-corrected chi connectivity index (χ2v) is 7.27. The lowest BCUT2D eigenvalue weighted by molar-refractivity contribution is -0.131. The van der Waals surface area contributed by atoms with E-state index in [1.54, 1.807) is 34.1 Å². The van der Waals surface area contributed by atoms with Crippen molar-refractivity contribution in [3.05, 3.63) is 69.5 Å². The topological polar surface area (TPSA) is 69.7 Å². The normalized spacial score (nSPS) is 13.9. The summed E-state index contributed by atoms with van der Waals surface area (Å²) in [6.07, 6.45) is 0. The molecular formula is C20H18Cl2FN3O3. The maximum absolute atomic E-state index is 13.2. The average Bonchev–Trinajstić information content (AvgIpc) is 2.72. The van der Waals surface area contributed by atoms with Gasteiger partial charge in [-0.1, -0.05) is 35.3 Å². The van der Waals surface area contributed by atoms with Gasteiger partial charge in [-0.15, -0.1) is 0 Å². The van der Waals surface area contributed by atoms with E-state index in [2.05, 4.69) is 5.32 Å². The van der Waals surface area contributed by atoms with Crippen molar-refractivity contribution in [1.29, 1.82) is 0 Å². The fraction of sp³-hybridized carbons (Fsp3) is 0.250. The molecule has 1 N–H and O–H groups in total. The number of amides is 3. The Bertz CT molecular complexity index is 946. The van der Waals surface area contributed by atoms with Gasteiger partial charge in [0.1, 0.15) is 5.82 Å². The van der Waals surface area contributed by atoms with Crippen LogP contribution in [0.2, 0.25) is 10.0 Å². The Morgan fingerprint density at radius 2 is 1.55 bits per heavy atom. The SMILES string of the molecule is O=C(NCC(=O)N1CCN(C(=O)c2ccc(F)cc2Cl)CC1)c1ccccc1Cl. The number of rotatable bonds is 4. The molecule has 1 heterocycles. The average molecular weight is 438 g/mol. The number of nitrogens with zero attached hydrogens (tertiary/aromatic N) is 2. The molecule has 6 nitrogen and oxygen atoms in total. The van der Waals surface area contributed by atoms with Gasteiger partial charge in [-0.05, 0) is 30.3 Å². The van der Waals surface area contributed by atoms with E-state index in [-0.39, 0.29) is 28.9 Å². The molecule has 1 aliphatic rings. The molecule has 0 radical (unpaired) electrons. The molecule has 0 aromatic heterocycles. The molecule has 2 aromatic carbocycles. The molecule has 0 spiro atoms. The van der Waals surface area contributed by atoms with Gasteiger partial charge in [0.25, 0.3) is 11.8 Å². The first-order valence-corrected chi connectivity index (χ1v) is 9.67. The molecule has 1 aliphatic heterocycles. The van der Waals surface area contributed by atoms with Crippen LogP contribution in [0, 0.1) is 5.82 Å². The Kier molecular flexibility index (Phi) is 6.71. The molecule has 1 saturated heterocycles. The highest BCUT2D eigenvalue weighted by molar-refractivity contribution is 6.34. The highest BCUT2D eigenvalue weighted by Crippen LogP contribution is 2.20. The molecule has 29 heavy (non-hydrogen) atoms. The third-order valence-electron chi connectivity index (χ3n) is 4.60. The molecule has 0 saturated carbocycles. The molecule has 2 aromatic rings. The van der Waals surface area contributed by atoms with Crippen LogP contribution in [-0.2, 0) is 4.79 Å². The number of piperazine rings is 1. The van der Waals surface area contributed by atoms with Gasteiger partial charge in [0.2, 0.25) is 5.91 Å². The third-order valence-corrected chi connectivity index (χ3v) is 5.24. The maximum Gasteiger partial charge on any atom is 0.255 e. The lowest BCUT2D eigenvalue weighted by atomic mass is 10.1. The van der Waals surface area contributed by atoms with Gasteiger partial charge in [-0.2, -0.15) is 0 Å². The van der Waals surface area contributed by atoms with Crippen LogP contribution in [-0.4, -0.2) is 60.2 Å².